The Morgan fingerprint density at radius 2 is 1.66 bits per heavy atom. The highest BCUT2D eigenvalue weighted by Gasteiger charge is 2.28. The Labute approximate surface area is 188 Å². The molecule has 4 rings (SSSR count). The van der Waals surface area contributed by atoms with Gasteiger partial charge in [0.05, 0.1) is 5.69 Å². The van der Waals surface area contributed by atoms with E-state index in [9.17, 15) is 19.5 Å². The maximum Gasteiger partial charge on any atom is 0.227 e. The van der Waals surface area contributed by atoms with Crippen LogP contribution in [0.1, 0.15) is 60.0 Å². The average molecular weight is 435 g/mol. The molecule has 1 aliphatic heterocycles. The fourth-order valence-electron chi connectivity index (χ4n) is 4.64. The van der Waals surface area contributed by atoms with Crippen molar-refractivity contribution in [2.24, 2.45) is 5.92 Å². The van der Waals surface area contributed by atoms with Gasteiger partial charge in [0.25, 0.3) is 0 Å². The van der Waals surface area contributed by atoms with Crippen LogP contribution in [0.25, 0.3) is 0 Å². The standard InChI is InChI=1S/C26H30N2O4/c29-23(21-10-9-18-5-1-2-6-20(18)17-21)11-12-25(31)28-15-13-19(14-16-28)26(32)27-22-7-3-4-8-24(22)30/h3-4,7-10,17,19,30H,1-2,5-6,11-16H2,(H,27,32). The first-order chi connectivity index (χ1) is 15.5. The molecule has 168 valence electrons. The predicted molar refractivity (Wildman–Crippen MR) is 123 cm³/mol. The van der Waals surface area contributed by atoms with Crippen molar-refractivity contribution >= 4 is 23.3 Å². The largest absolute Gasteiger partial charge is 0.506 e. The van der Waals surface area contributed by atoms with Gasteiger partial charge in [-0.05, 0) is 67.9 Å². The number of ketones is 1. The molecular weight excluding hydrogens is 404 g/mol. The number of piperidine rings is 1. The number of hydrogen-bond donors (Lipinski definition) is 2. The molecule has 2 N–H and O–H groups in total. The van der Waals surface area contributed by atoms with Crippen LogP contribution in [0.3, 0.4) is 0 Å². The quantitative estimate of drug-likeness (QED) is 0.529. The summed E-state index contributed by atoms with van der Waals surface area (Å²) < 4.78 is 0. The number of carbonyl (C=O) groups excluding carboxylic acids is 3. The van der Waals surface area contributed by atoms with Crippen molar-refractivity contribution < 1.29 is 19.5 Å². The van der Waals surface area contributed by atoms with Gasteiger partial charge in [-0.15, -0.1) is 0 Å². The van der Waals surface area contributed by atoms with Crippen LogP contribution >= 0.6 is 0 Å². The van der Waals surface area contributed by atoms with Gasteiger partial charge in [0.15, 0.2) is 5.78 Å². The number of likely N-dealkylation sites (tertiary alicyclic amines) is 1. The molecule has 0 unspecified atom stereocenters. The molecule has 6 heteroatoms. The second kappa shape index (κ2) is 9.98. The third-order valence-electron chi connectivity index (χ3n) is 6.62. The Balaban J connectivity index is 1.23. The molecule has 1 heterocycles. The summed E-state index contributed by atoms with van der Waals surface area (Å²) in [4.78, 5) is 39.5. The summed E-state index contributed by atoms with van der Waals surface area (Å²) >= 11 is 0. The lowest BCUT2D eigenvalue weighted by Crippen LogP contribution is -2.41. The first-order valence-electron chi connectivity index (χ1n) is 11.5. The SMILES string of the molecule is O=C(CCC(=O)N1CCC(C(=O)Nc2ccccc2O)CC1)c1ccc2c(c1)CCCC2. The van der Waals surface area contributed by atoms with E-state index in [1.807, 2.05) is 12.1 Å². The predicted octanol–water partition coefficient (Wildman–Crippen LogP) is 4.11. The molecule has 0 saturated carbocycles. The van der Waals surface area contributed by atoms with Gasteiger partial charge in [0.2, 0.25) is 11.8 Å². The van der Waals surface area contributed by atoms with Crippen LogP contribution in [0.5, 0.6) is 5.75 Å². The summed E-state index contributed by atoms with van der Waals surface area (Å²) in [6.07, 6.45) is 6.06. The van der Waals surface area contributed by atoms with Crippen molar-refractivity contribution in [1.29, 1.82) is 0 Å². The second-order valence-electron chi connectivity index (χ2n) is 8.78. The number of rotatable bonds is 6. The summed E-state index contributed by atoms with van der Waals surface area (Å²) in [7, 11) is 0. The third kappa shape index (κ3) is 5.18. The number of phenolic OH excluding ortho intramolecular Hbond substituents is 1. The van der Waals surface area contributed by atoms with Crippen molar-refractivity contribution in [2.75, 3.05) is 18.4 Å². The van der Waals surface area contributed by atoms with Crippen molar-refractivity contribution in [2.45, 2.75) is 51.4 Å². The molecule has 0 bridgehead atoms. The Hall–Kier alpha value is -3.15. The number of aromatic hydroxyl groups is 1. The molecule has 1 aliphatic carbocycles. The average Bonchev–Trinajstić information content (AvgIpc) is 2.83. The number of aryl methyl sites for hydroxylation is 2. The topological polar surface area (TPSA) is 86.7 Å². The van der Waals surface area contributed by atoms with Crippen molar-refractivity contribution in [1.82, 2.24) is 4.90 Å². The summed E-state index contributed by atoms with van der Waals surface area (Å²) in [5, 5.41) is 12.6. The summed E-state index contributed by atoms with van der Waals surface area (Å²) in [6, 6.07) is 12.6. The first-order valence-corrected chi connectivity index (χ1v) is 11.5. The van der Waals surface area contributed by atoms with Crippen LogP contribution in [0.4, 0.5) is 5.69 Å². The number of benzene rings is 2. The maximum atomic E-state index is 12.6. The van der Waals surface area contributed by atoms with Gasteiger partial charge in [-0.3, -0.25) is 14.4 Å². The molecule has 32 heavy (non-hydrogen) atoms. The molecule has 0 spiro atoms. The van der Waals surface area contributed by atoms with Gasteiger partial charge >= 0.3 is 0 Å². The van der Waals surface area contributed by atoms with Crippen LogP contribution in [0.2, 0.25) is 0 Å². The minimum absolute atomic E-state index is 0.0173. The zero-order valence-electron chi connectivity index (χ0n) is 18.3. The van der Waals surface area contributed by atoms with Crippen LogP contribution in [0, 0.1) is 5.92 Å². The normalized spacial score (nSPS) is 16.3. The molecular formula is C26H30N2O4. The minimum atomic E-state index is -0.198. The summed E-state index contributed by atoms with van der Waals surface area (Å²) in [5.41, 5.74) is 3.73. The maximum absolute atomic E-state index is 12.6. The zero-order valence-corrected chi connectivity index (χ0v) is 18.3. The van der Waals surface area contributed by atoms with Gasteiger partial charge in [-0.25, -0.2) is 0 Å². The van der Waals surface area contributed by atoms with E-state index in [2.05, 4.69) is 11.4 Å². The second-order valence-corrected chi connectivity index (χ2v) is 8.78. The van der Waals surface area contributed by atoms with Crippen molar-refractivity contribution in [3.63, 3.8) is 0 Å². The van der Waals surface area contributed by atoms with Crippen LogP contribution in [-0.2, 0) is 22.4 Å². The van der Waals surface area contributed by atoms with E-state index in [1.165, 1.54) is 30.0 Å². The summed E-state index contributed by atoms with van der Waals surface area (Å²) in [5.74, 6) is -0.312. The van der Waals surface area contributed by atoms with E-state index in [-0.39, 0.29) is 42.1 Å². The molecule has 2 aromatic carbocycles. The van der Waals surface area contributed by atoms with Crippen LogP contribution in [-0.4, -0.2) is 40.7 Å². The highest BCUT2D eigenvalue weighted by Crippen LogP contribution is 2.26. The number of amides is 2. The first kappa shape index (κ1) is 22.1. The molecule has 0 aromatic heterocycles. The Bertz CT molecular complexity index is 1010. The molecule has 2 aliphatic rings. The summed E-state index contributed by atoms with van der Waals surface area (Å²) in [6.45, 7) is 1.01. The van der Waals surface area contributed by atoms with Crippen LogP contribution in [0.15, 0.2) is 42.5 Å². The number of fused-ring (bicyclic) bond motifs is 1. The molecule has 6 nitrogen and oxygen atoms in total. The number of nitrogens with zero attached hydrogens (tertiary/aromatic N) is 1. The molecule has 0 atom stereocenters. The number of Topliss-reactive ketones (excluding diaryl/α,β-unsaturated/α-hetero) is 1. The Kier molecular flexibility index (Phi) is 6.88. The van der Waals surface area contributed by atoms with Gasteiger partial charge in [0.1, 0.15) is 5.75 Å². The van der Waals surface area contributed by atoms with E-state index in [0.29, 0.717) is 37.2 Å². The van der Waals surface area contributed by atoms with Gasteiger partial charge < -0.3 is 15.3 Å². The van der Waals surface area contributed by atoms with Gasteiger partial charge in [-0.2, -0.15) is 0 Å². The monoisotopic (exact) mass is 434 g/mol. The zero-order chi connectivity index (χ0) is 22.5. The number of anilines is 1. The third-order valence-corrected chi connectivity index (χ3v) is 6.62. The minimum Gasteiger partial charge on any atom is -0.506 e. The van der Waals surface area contributed by atoms with E-state index in [0.717, 1.165) is 12.8 Å². The molecule has 0 radical (unpaired) electrons. The van der Waals surface area contributed by atoms with Crippen molar-refractivity contribution in [3.05, 3.63) is 59.2 Å². The van der Waals surface area contributed by atoms with Gasteiger partial charge in [-0.1, -0.05) is 24.3 Å². The Morgan fingerprint density at radius 1 is 0.938 bits per heavy atom. The van der Waals surface area contributed by atoms with Crippen LogP contribution < -0.4 is 5.32 Å². The lowest BCUT2D eigenvalue weighted by atomic mass is 9.89. The lowest BCUT2D eigenvalue weighted by molar-refractivity contribution is -0.134. The number of carbonyl (C=O) groups is 3. The fraction of sp³-hybridized carbons (Fsp3) is 0.423. The number of phenols is 1. The highest BCUT2D eigenvalue weighted by atomic mass is 16.3. The lowest BCUT2D eigenvalue weighted by Gasteiger charge is -2.31. The molecule has 1 fully saturated rings. The molecule has 2 amide bonds. The van der Waals surface area contributed by atoms with E-state index in [1.54, 1.807) is 23.1 Å². The number of para-hydroxylation sites is 2. The smallest absolute Gasteiger partial charge is 0.227 e. The van der Waals surface area contributed by atoms with E-state index < -0.39 is 0 Å². The Morgan fingerprint density at radius 3 is 2.41 bits per heavy atom. The molecule has 2 aromatic rings. The number of hydrogen-bond acceptors (Lipinski definition) is 4. The van der Waals surface area contributed by atoms with Gasteiger partial charge in [0, 0.05) is 37.4 Å². The van der Waals surface area contributed by atoms with E-state index in [4.69, 9.17) is 0 Å². The highest BCUT2D eigenvalue weighted by molar-refractivity contribution is 5.98. The van der Waals surface area contributed by atoms with Crippen molar-refractivity contribution in [3.8, 4) is 5.75 Å². The van der Waals surface area contributed by atoms with E-state index >= 15 is 0 Å². The fourth-order valence-corrected chi connectivity index (χ4v) is 4.64. The number of nitrogens with one attached hydrogen (secondary N) is 1. The molecule has 1 saturated heterocycles.